The van der Waals surface area contributed by atoms with E-state index in [4.69, 9.17) is 5.73 Å². The molecular weight excluding hydrogens is 218 g/mol. The molecule has 16 heavy (non-hydrogen) atoms. The molecule has 0 bridgehead atoms. The van der Waals surface area contributed by atoms with Crippen LogP contribution in [-0.2, 0) is 0 Å². The summed E-state index contributed by atoms with van der Waals surface area (Å²) < 4.78 is 0. The van der Waals surface area contributed by atoms with Crippen LogP contribution in [0.25, 0.3) is 10.4 Å². The van der Waals surface area contributed by atoms with Crippen molar-refractivity contribution in [1.82, 2.24) is 0 Å². The van der Waals surface area contributed by atoms with Crippen molar-refractivity contribution in [1.29, 1.82) is 0 Å². The highest BCUT2D eigenvalue weighted by molar-refractivity contribution is 7.15. The Labute approximate surface area is 98.7 Å². The van der Waals surface area contributed by atoms with Crippen LogP contribution in [0.3, 0.4) is 0 Å². The Morgan fingerprint density at radius 3 is 2.62 bits per heavy atom. The molecule has 82 valence electrons. The normalized spacial score (nSPS) is 10.4. The monoisotopic (exact) mass is 231 g/mol. The number of ketones is 1. The van der Waals surface area contributed by atoms with Gasteiger partial charge in [0.05, 0.1) is 6.54 Å². The predicted octanol–water partition coefficient (Wildman–Crippen LogP) is 2.86. The van der Waals surface area contributed by atoms with Crippen LogP contribution in [-0.4, -0.2) is 12.3 Å². The van der Waals surface area contributed by atoms with E-state index in [1.165, 1.54) is 0 Å². The molecule has 1 aromatic carbocycles. The zero-order chi connectivity index (χ0) is 11.5. The number of aryl methyl sites for hydroxylation is 1. The minimum atomic E-state index is 0.0101. The van der Waals surface area contributed by atoms with Crippen molar-refractivity contribution in [3.05, 3.63) is 46.8 Å². The van der Waals surface area contributed by atoms with Gasteiger partial charge in [-0.25, -0.2) is 0 Å². The highest BCUT2D eigenvalue weighted by atomic mass is 32.1. The molecule has 0 aliphatic heterocycles. The summed E-state index contributed by atoms with van der Waals surface area (Å²) in [5.74, 6) is 0.0101. The van der Waals surface area contributed by atoms with Gasteiger partial charge in [0, 0.05) is 15.3 Å². The van der Waals surface area contributed by atoms with Gasteiger partial charge in [-0.1, -0.05) is 30.3 Å². The lowest BCUT2D eigenvalue weighted by atomic mass is 10.1. The van der Waals surface area contributed by atoms with Crippen molar-refractivity contribution in [2.75, 3.05) is 6.54 Å². The second-order valence-electron chi connectivity index (χ2n) is 3.57. The van der Waals surface area contributed by atoms with Crippen LogP contribution in [0.4, 0.5) is 0 Å². The molecule has 0 spiro atoms. The van der Waals surface area contributed by atoms with E-state index in [1.54, 1.807) is 11.3 Å². The van der Waals surface area contributed by atoms with Crippen LogP contribution in [0.2, 0.25) is 0 Å². The smallest absolute Gasteiger partial charge is 0.177 e. The quantitative estimate of drug-likeness (QED) is 0.825. The van der Waals surface area contributed by atoms with E-state index in [9.17, 15) is 4.79 Å². The lowest BCUT2D eigenvalue weighted by Crippen LogP contribution is -2.13. The minimum absolute atomic E-state index is 0.0101. The lowest BCUT2D eigenvalue weighted by Gasteiger charge is -1.94. The summed E-state index contributed by atoms with van der Waals surface area (Å²) in [5, 5.41) is 0. The van der Waals surface area contributed by atoms with Crippen LogP contribution < -0.4 is 5.73 Å². The zero-order valence-electron chi connectivity index (χ0n) is 9.07. The average molecular weight is 231 g/mol. The summed E-state index contributed by atoms with van der Waals surface area (Å²) in [7, 11) is 0. The molecule has 2 nitrogen and oxygen atoms in total. The molecule has 0 saturated carbocycles. The number of carbonyl (C=O) groups is 1. The number of nitrogens with two attached hydrogens (primary N) is 1. The molecule has 0 radical (unpaired) electrons. The van der Waals surface area contributed by atoms with Gasteiger partial charge < -0.3 is 5.73 Å². The maximum Gasteiger partial charge on any atom is 0.177 e. The SMILES string of the molecule is Cc1sc(-c2ccccc2)cc1C(=O)CN. The molecule has 0 unspecified atom stereocenters. The molecule has 1 heterocycles. The fourth-order valence-corrected chi connectivity index (χ4v) is 2.66. The van der Waals surface area contributed by atoms with E-state index in [0.717, 1.165) is 20.9 Å². The van der Waals surface area contributed by atoms with Crippen molar-refractivity contribution >= 4 is 17.1 Å². The molecule has 0 aliphatic rings. The van der Waals surface area contributed by atoms with Gasteiger partial charge in [0.25, 0.3) is 0 Å². The van der Waals surface area contributed by atoms with Gasteiger partial charge in [-0.2, -0.15) is 0 Å². The van der Waals surface area contributed by atoms with Gasteiger partial charge in [0.1, 0.15) is 0 Å². The summed E-state index contributed by atoms with van der Waals surface area (Å²) in [6.07, 6.45) is 0. The number of Topliss-reactive ketones (excluding diaryl/α,β-unsaturated/α-hetero) is 1. The molecule has 0 saturated heterocycles. The van der Waals surface area contributed by atoms with Crippen molar-refractivity contribution in [3.63, 3.8) is 0 Å². The number of rotatable bonds is 3. The van der Waals surface area contributed by atoms with Gasteiger partial charge in [-0.05, 0) is 18.6 Å². The summed E-state index contributed by atoms with van der Waals surface area (Å²) in [6, 6.07) is 12.0. The molecular formula is C13H13NOS. The predicted molar refractivity (Wildman–Crippen MR) is 67.9 cm³/mol. The van der Waals surface area contributed by atoms with Crippen molar-refractivity contribution in [2.45, 2.75) is 6.92 Å². The Morgan fingerprint density at radius 2 is 2.00 bits per heavy atom. The maximum atomic E-state index is 11.6. The van der Waals surface area contributed by atoms with E-state index in [-0.39, 0.29) is 12.3 Å². The highest BCUT2D eigenvalue weighted by Gasteiger charge is 2.12. The Balaban J connectivity index is 2.42. The highest BCUT2D eigenvalue weighted by Crippen LogP contribution is 2.30. The van der Waals surface area contributed by atoms with Crippen LogP contribution in [0.5, 0.6) is 0 Å². The Bertz CT molecular complexity index is 502. The largest absolute Gasteiger partial charge is 0.324 e. The number of thiophene rings is 1. The summed E-state index contributed by atoms with van der Waals surface area (Å²) in [6.45, 7) is 2.03. The number of hydrogen-bond donors (Lipinski definition) is 1. The molecule has 0 fully saturated rings. The first kappa shape index (κ1) is 11.0. The molecule has 0 aliphatic carbocycles. The molecule has 2 aromatic rings. The van der Waals surface area contributed by atoms with Gasteiger partial charge >= 0.3 is 0 Å². The molecule has 2 N–H and O–H groups in total. The van der Waals surface area contributed by atoms with Crippen LogP contribution in [0.1, 0.15) is 15.2 Å². The summed E-state index contributed by atoms with van der Waals surface area (Å²) in [4.78, 5) is 13.7. The molecule has 0 amide bonds. The summed E-state index contributed by atoms with van der Waals surface area (Å²) in [5.41, 5.74) is 7.28. The number of benzene rings is 1. The molecule has 0 atom stereocenters. The van der Waals surface area contributed by atoms with E-state index in [1.807, 2.05) is 43.3 Å². The van der Waals surface area contributed by atoms with Crippen molar-refractivity contribution in [3.8, 4) is 10.4 Å². The average Bonchev–Trinajstić information content (AvgIpc) is 2.71. The molecule has 1 aromatic heterocycles. The minimum Gasteiger partial charge on any atom is -0.324 e. The van der Waals surface area contributed by atoms with Crippen LogP contribution >= 0.6 is 11.3 Å². The number of hydrogen-bond acceptors (Lipinski definition) is 3. The van der Waals surface area contributed by atoms with Gasteiger partial charge in [0.15, 0.2) is 5.78 Å². The molecule has 2 rings (SSSR count). The van der Waals surface area contributed by atoms with Crippen LogP contribution in [0.15, 0.2) is 36.4 Å². The van der Waals surface area contributed by atoms with Crippen molar-refractivity contribution in [2.24, 2.45) is 5.73 Å². The topological polar surface area (TPSA) is 43.1 Å². The number of carbonyl (C=O) groups excluding carboxylic acids is 1. The van der Waals surface area contributed by atoms with E-state index < -0.39 is 0 Å². The van der Waals surface area contributed by atoms with E-state index in [2.05, 4.69) is 0 Å². The van der Waals surface area contributed by atoms with Gasteiger partial charge in [0.2, 0.25) is 0 Å². The Kier molecular flexibility index (Phi) is 3.17. The Morgan fingerprint density at radius 1 is 1.31 bits per heavy atom. The van der Waals surface area contributed by atoms with E-state index >= 15 is 0 Å². The zero-order valence-corrected chi connectivity index (χ0v) is 9.88. The third-order valence-electron chi connectivity index (χ3n) is 2.46. The van der Waals surface area contributed by atoms with Crippen LogP contribution in [0, 0.1) is 6.92 Å². The second-order valence-corrected chi connectivity index (χ2v) is 4.83. The molecule has 3 heteroatoms. The van der Waals surface area contributed by atoms with Crippen molar-refractivity contribution < 1.29 is 4.79 Å². The fourth-order valence-electron chi connectivity index (χ4n) is 1.61. The first-order chi connectivity index (χ1) is 7.72. The summed E-state index contributed by atoms with van der Waals surface area (Å²) >= 11 is 1.63. The lowest BCUT2D eigenvalue weighted by molar-refractivity contribution is 0.100. The standard InChI is InChI=1S/C13H13NOS/c1-9-11(12(15)8-14)7-13(16-9)10-5-3-2-4-6-10/h2-7H,8,14H2,1H3. The Hall–Kier alpha value is -1.45. The van der Waals surface area contributed by atoms with Gasteiger partial charge in [-0.3, -0.25) is 4.79 Å². The van der Waals surface area contributed by atoms with Gasteiger partial charge in [-0.15, -0.1) is 11.3 Å². The third-order valence-corrected chi connectivity index (χ3v) is 3.56. The van der Waals surface area contributed by atoms with E-state index in [0.29, 0.717) is 0 Å². The fraction of sp³-hybridized carbons (Fsp3) is 0.154. The first-order valence-electron chi connectivity index (χ1n) is 5.11. The third kappa shape index (κ3) is 2.05. The maximum absolute atomic E-state index is 11.6. The second kappa shape index (κ2) is 4.60. The first-order valence-corrected chi connectivity index (χ1v) is 5.93.